The summed E-state index contributed by atoms with van der Waals surface area (Å²) in [4.78, 5) is 25.3. The van der Waals surface area contributed by atoms with Crippen molar-refractivity contribution in [3.8, 4) is 11.1 Å². The van der Waals surface area contributed by atoms with Gasteiger partial charge in [0.05, 0.1) is 0 Å². The van der Waals surface area contributed by atoms with Crippen LogP contribution in [-0.2, 0) is 9.53 Å². The van der Waals surface area contributed by atoms with Gasteiger partial charge in [0.25, 0.3) is 0 Å². The Bertz CT molecular complexity index is 790. The van der Waals surface area contributed by atoms with Gasteiger partial charge in [-0.2, -0.15) is 0 Å². The van der Waals surface area contributed by atoms with Gasteiger partial charge < -0.3 is 4.74 Å². The first kappa shape index (κ1) is 16.2. The summed E-state index contributed by atoms with van der Waals surface area (Å²) in [5.74, 6) is 0.0177. The second kappa shape index (κ2) is 6.52. The summed E-state index contributed by atoms with van der Waals surface area (Å²) >= 11 is 5.60. The van der Waals surface area contributed by atoms with Crippen LogP contribution >= 0.6 is 11.6 Å². The summed E-state index contributed by atoms with van der Waals surface area (Å²) in [6, 6.07) is 15.8. The zero-order chi connectivity index (χ0) is 17.4. The van der Waals surface area contributed by atoms with Gasteiger partial charge in [-0.1, -0.05) is 48.5 Å². The molecule has 2 aliphatic rings. The van der Waals surface area contributed by atoms with Crippen molar-refractivity contribution in [2.24, 2.45) is 0 Å². The molecule has 1 fully saturated rings. The van der Waals surface area contributed by atoms with E-state index >= 15 is 0 Å². The molecule has 4 rings (SSSR count). The summed E-state index contributed by atoms with van der Waals surface area (Å²) in [5, 5.41) is -0.494. The molecule has 5 heteroatoms. The molecule has 0 spiro atoms. The van der Waals surface area contributed by atoms with Crippen molar-refractivity contribution >= 4 is 22.9 Å². The number of hydrogen-bond donors (Lipinski definition) is 0. The Kier molecular flexibility index (Phi) is 4.22. The van der Waals surface area contributed by atoms with E-state index in [2.05, 4.69) is 24.3 Å². The highest BCUT2D eigenvalue weighted by atomic mass is 35.5. The van der Waals surface area contributed by atoms with Crippen molar-refractivity contribution < 1.29 is 14.3 Å². The van der Waals surface area contributed by atoms with E-state index in [4.69, 9.17) is 16.3 Å². The number of rotatable bonds is 3. The number of hydrogen-bond acceptors (Lipinski definition) is 3. The van der Waals surface area contributed by atoms with Crippen molar-refractivity contribution in [2.75, 3.05) is 13.2 Å². The molecular formula is C20H18ClNO3. The number of ether oxygens (including phenoxy) is 1. The molecule has 0 unspecified atom stereocenters. The number of likely N-dealkylation sites (tertiary alicyclic amines) is 1. The Morgan fingerprint density at radius 3 is 2.24 bits per heavy atom. The Labute approximate surface area is 151 Å². The van der Waals surface area contributed by atoms with Gasteiger partial charge in [-0.15, -0.1) is 0 Å². The topological polar surface area (TPSA) is 46.6 Å². The number of fused-ring (bicyclic) bond motifs is 3. The fraction of sp³-hybridized carbons (Fsp3) is 0.300. The Morgan fingerprint density at radius 1 is 1.04 bits per heavy atom. The summed E-state index contributed by atoms with van der Waals surface area (Å²) < 4.78 is 5.58. The molecule has 1 atom stereocenters. The van der Waals surface area contributed by atoms with Crippen molar-refractivity contribution in [1.29, 1.82) is 0 Å². The Balaban J connectivity index is 1.53. The number of carbonyl (C=O) groups excluding carboxylic acids is 2. The Hall–Kier alpha value is -2.33. The molecule has 1 aliphatic heterocycles. The lowest BCUT2D eigenvalue weighted by Gasteiger charge is -2.22. The number of amides is 1. The predicted octanol–water partition coefficient (Wildman–Crippen LogP) is 4.17. The van der Waals surface area contributed by atoms with E-state index in [-0.39, 0.29) is 12.5 Å². The van der Waals surface area contributed by atoms with E-state index in [1.807, 2.05) is 24.3 Å². The quantitative estimate of drug-likeness (QED) is 0.776. The lowest BCUT2D eigenvalue weighted by Crippen LogP contribution is -2.39. The maximum atomic E-state index is 12.4. The molecule has 0 saturated carbocycles. The van der Waals surface area contributed by atoms with Crippen molar-refractivity contribution in [3.63, 3.8) is 0 Å². The zero-order valence-corrected chi connectivity index (χ0v) is 14.4. The lowest BCUT2D eigenvalue weighted by molar-refractivity contribution is -0.115. The third-order valence-electron chi connectivity index (χ3n) is 5.09. The van der Waals surface area contributed by atoms with Gasteiger partial charge >= 0.3 is 6.09 Å². The summed E-state index contributed by atoms with van der Waals surface area (Å²) in [6.07, 6.45) is 0.915. The molecule has 128 valence electrons. The van der Waals surface area contributed by atoms with Crippen molar-refractivity contribution in [2.45, 2.75) is 24.8 Å². The molecular weight excluding hydrogens is 338 g/mol. The molecule has 4 nitrogen and oxygen atoms in total. The first-order chi connectivity index (χ1) is 12.2. The van der Waals surface area contributed by atoms with E-state index in [9.17, 15) is 9.59 Å². The van der Waals surface area contributed by atoms with Crippen LogP contribution in [0.3, 0.4) is 0 Å². The van der Waals surface area contributed by atoms with Crippen LogP contribution in [0.5, 0.6) is 0 Å². The van der Waals surface area contributed by atoms with Gasteiger partial charge in [0.2, 0.25) is 5.24 Å². The second-order valence-corrected chi connectivity index (χ2v) is 6.83. The van der Waals surface area contributed by atoms with E-state index in [1.54, 1.807) is 0 Å². The second-order valence-electron chi connectivity index (χ2n) is 6.46. The molecule has 0 aromatic heterocycles. The lowest BCUT2D eigenvalue weighted by atomic mass is 9.98. The summed E-state index contributed by atoms with van der Waals surface area (Å²) in [5.41, 5.74) is 4.72. The van der Waals surface area contributed by atoms with Crippen LogP contribution in [0.25, 0.3) is 11.1 Å². The zero-order valence-electron chi connectivity index (χ0n) is 13.7. The summed E-state index contributed by atoms with van der Waals surface area (Å²) in [7, 11) is 0. The average molecular weight is 356 g/mol. The maximum Gasteiger partial charge on any atom is 0.410 e. The van der Waals surface area contributed by atoms with Crippen LogP contribution in [0.15, 0.2) is 48.5 Å². The highest BCUT2D eigenvalue weighted by molar-refractivity contribution is 6.64. The van der Waals surface area contributed by atoms with Gasteiger partial charge in [-0.25, -0.2) is 4.79 Å². The third kappa shape index (κ3) is 2.81. The van der Waals surface area contributed by atoms with Crippen LogP contribution in [0.4, 0.5) is 4.79 Å². The maximum absolute atomic E-state index is 12.4. The number of benzene rings is 2. The molecule has 1 amide bonds. The van der Waals surface area contributed by atoms with Crippen molar-refractivity contribution in [3.05, 3.63) is 59.7 Å². The van der Waals surface area contributed by atoms with Crippen LogP contribution in [0, 0.1) is 0 Å². The van der Waals surface area contributed by atoms with E-state index < -0.39 is 17.4 Å². The van der Waals surface area contributed by atoms with Crippen LogP contribution in [0.1, 0.15) is 29.9 Å². The van der Waals surface area contributed by atoms with Crippen LogP contribution < -0.4 is 0 Å². The highest BCUT2D eigenvalue weighted by Gasteiger charge is 2.35. The van der Waals surface area contributed by atoms with Crippen LogP contribution in [0.2, 0.25) is 0 Å². The van der Waals surface area contributed by atoms with E-state index in [0.717, 1.165) is 6.42 Å². The smallest absolute Gasteiger partial charge is 0.410 e. The fourth-order valence-electron chi connectivity index (χ4n) is 3.90. The van der Waals surface area contributed by atoms with Gasteiger partial charge in [-0.05, 0) is 46.7 Å². The highest BCUT2D eigenvalue weighted by Crippen LogP contribution is 2.44. The SMILES string of the molecule is O=C(Cl)[C@H]1CCCN1C(=O)OCC1c2ccccc2-c2ccccc21. The molecule has 2 aromatic rings. The standard InChI is InChI=1S/C20H18ClNO3/c21-19(23)18-10-5-11-22(18)20(24)25-12-17-15-8-3-1-6-13(15)14-7-2-4-9-16(14)17/h1-4,6-9,17-18H,5,10-12H2/t18-/m1/s1. The van der Waals surface area contributed by atoms with E-state index in [0.29, 0.717) is 13.0 Å². The molecule has 0 radical (unpaired) electrons. The number of halogens is 1. The number of nitrogens with zero attached hydrogens (tertiary/aromatic N) is 1. The molecule has 0 N–H and O–H groups in total. The minimum atomic E-state index is -0.558. The molecule has 1 heterocycles. The molecule has 1 saturated heterocycles. The van der Waals surface area contributed by atoms with Crippen molar-refractivity contribution in [1.82, 2.24) is 4.90 Å². The predicted molar refractivity (Wildman–Crippen MR) is 95.7 cm³/mol. The minimum Gasteiger partial charge on any atom is -0.448 e. The largest absolute Gasteiger partial charge is 0.448 e. The van der Waals surface area contributed by atoms with Gasteiger partial charge in [0.15, 0.2) is 0 Å². The first-order valence-corrected chi connectivity index (χ1v) is 8.85. The normalized spacial score (nSPS) is 18.8. The van der Waals surface area contributed by atoms with Gasteiger partial charge in [0, 0.05) is 12.5 Å². The molecule has 1 aliphatic carbocycles. The molecule has 2 aromatic carbocycles. The molecule has 25 heavy (non-hydrogen) atoms. The third-order valence-corrected chi connectivity index (χ3v) is 5.34. The average Bonchev–Trinajstić information content (AvgIpc) is 3.23. The molecule has 0 bridgehead atoms. The van der Waals surface area contributed by atoms with Gasteiger partial charge in [0.1, 0.15) is 12.6 Å². The first-order valence-electron chi connectivity index (χ1n) is 8.48. The van der Waals surface area contributed by atoms with Gasteiger partial charge in [-0.3, -0.25) is 9.69 Å². The fourth-order valence-corrected chi connectivity index (χ4v) is 4.13. The number of carbonyl (C=O) groups is 2. The monoisotopic (exact) mass is 355 g/mol. The summed E-state index contributed by atoms with van der Waals surface area (Å²) in [6.45, 7) is 0.770. The Morgan fingerprint density at radius 2 is 1.64 bits per heavy atom. The van der Waals surface area contributed by atoms with E-state index in [1.165, 1.54) is 27.2 Å². The van der Waals surface area contributed by atoms with Crippen LogP contribution in [-0.4, -0.2) is 35.4 Å². The minimum absolute atomic E-state index is 0.0177.